The Morgan fingerprint density at radius 2 is 1.88 bits per heavy atom. The first-order valence-corrected chi connectivity index (χ1v) is 12.1. The van der Waals surface area contributed by atoms with Crippen LogP contribution in [0.1, 0.15) is 51.0 Å². The molecule has 2 aliphatic carbocycles. The van der Waals surface area contributed by atoms with Gasteiger partial charge in [0.25, 0.3) is 0 Å². The molecule has 2 aromatic rings. The van der Waals surface area contributed by atoms with E-state index < -0.39 is 0 Å². The van der Waals surface area contributed by atoms with Crippen molar-refractivity contribution in [1.29, 1.82) is 0 Å². The van der Waals surface area contributed by atoms with E-state index in [1.165, 1.54) is 25.7 Å². The third-order valence-electron chi connectivity index (χ3n) is 7.56. The first-order chi connectivity index (χ1) is 15.5. The minimum absolute atomic E-state index is 0.108. The molecular formula is C25H34N6O. The van der Waals surface area contributed by atoms with Gasteiger partial charge in [0, 0.05) is 37.4 Å². The van der Waals surface area contributed by atoms with Gasteiger partial charge in [0.2, 0.25) is 11.9 Å². The van der Waals surface area contributed by atoms with Crippen LogP contribution >= 0.6 is 0 Å². The van der Waals surface area contributed by atoms with E-state index in [0.29, 0.717) is 0 Å². The second kappa shape index (κ2) is 8.68. The van der Waals surface area contributed by atoms with Crippen LogP contribution in [0.3, 0.4) is 0 Å². The van der Waals surface area contributed by atoms with Crippen LogP contribution in [0.15, 0.2) is 30.7 Å². The monoisotopic (exact) mass is 434 g/mol. The van der Waals surface area contributed by atoms with Gasteiger partial charge in [0.15, 0.2) is 0 Å². The maximum Gasteiger partial charge on any atom is 0.230 e. The van der Waals surface area contributed by atoms with Gasteiger partial charge in [-0.25, -0.2) is 15.0 Å². The molecule has 1 saturated heterocycles. The molecule has 0 aromatic carbocycles. The Bertz CT molecular complexity index is 932. The smallest absolute Gasteiger partial charge is 0.230 e. The molecule has 2 saturated carbocycles. The summed E-state index contributed by atoms with van der Waals surface area (Å²) < 4.78 is 0. The van der Waals surface area contributed by atoms with Gasteiger partial charge in [-0.05, 0) is 80.9 Å². The number of anilines is 3. The SMILES string of the molecule is Cc1cnc(N2CCC([C@H]3C[C@H]3CCNc3ccc(NC(=O)C4(C)CC4)cn3)CC2)nc1. The standard InChI is InChI=1S/C25H34N6O/c1-17-14-28-24(29-15-17)31-11-6-18(7-12-31)21-13-19(21)5-10-26-22-4-3-20(16-27-22)30-23(32)25(2)8-9-25/h3-4,14-16,18-19,21H,5-13H2,1-2H3,(H,26,27)(H,30,32)/t19-,21-/m1/s1. The number of pyridine rings is 1. The average Bonchev–Trinajstić information content (AvgIpc) is 3.73. The fourth-order valence-electron chi connectivity index (χ4n) is 4.91. The number of aryl methyl sites for hydroxylation is 1. The minimum Gasteiger partial charge on any atom is -0.370 e. The van der Waals surface area contributed by atoms with Crippen LogP contribution in [0.4, 0.5) is 17.5 Å². The molecule has 3 fully saturated rings. The van der Waals surface area contributed by atoms with E-state index >= 15 is 0 Å². The summed E-state index contributed by atoms with van der Waals surface area (Å²) in [6.07, 6.45) is 12.6. The number of nitrogens with zero attached hydrogens (tertiary/aromatic N) is 4. The molecule has 0 spiro atoms. The first kappa shape index (κ1) is 21.2. The highest BCUT2D eigenvalue weighted by atomic mass is 16.2. The highest BCUT2D eigenvalue weighted by molar-refractivity contribution is 5.96. The predicted octanol–water partition coefficient (Wildman–Crippen LogP) is 4.27. The maximum atomic E-state index is 12.1. The second-order valence-corrected chi connectivity index (χ2v) is 10.2. The molecule has 3 heterocycles. The molecule has 7 heteroatoms. The largest absolute Gasteiger partial charge is 0.370 e. The molecule has 3 aliphatic rings. The van der Waals surface area contributed by atoms with E-state index in [1.54, 1.807) is 6.20 Å². The Hall–Kier alpha value is -2.70. The fraction of sp³-hybridized carbons (Fsp3) is 0.600. The molecule has 5 rings (SSSR count). The Labute approximate surface area is 190 Å². The van der Waals surface area contributed by atoms with Crippen molar-refractivity contribution in [3.63, 3.8) is 0 Å². The van der Waals surface area contributed by atoms with Crippen LogP contribution in [0, 0.1) is 30.1 Å². The van der Waals surface area contributed by atoms with Crippen molar-refractivity contribution in [2.45, 2.75) is 52.4 Å². The third-order valence-corrected chi connectivity index (χ3v) is 7.56. The van der Waals surface area contributed by atoms with Gasteiger partial charge in [-0.2, -0.15) is 0 Å². The summed E-state index contributed by atoms with van der Waals surface area (Å²) >= 11 is 0. The molecule has 1 aliphatic heterocycles. The van der Waals surface area contributed by atoms with Crippen LogP contribution in [0.25, 0.3) is 0 Å². The van der Waals surface area contributed by atoms with Gasteiger partial charge in [0.05, 0.1) is 11.9 Å². The van der Waals surface area contributed by atoms with Crippen LogP contribution in [0.5, 0.6) is 0 Å². The summed E-state index contributed by atoms with van der Waals surface area (Å²) in [5.41, 5.74) is 1.72. The van der Waals surface area contributed by atoms with Crippen LogP contribution in [0.2, 0.25) is 0 Å². The van der Waals surface area contributed by atoms with Crippen molar-refractivity contribution in [2.24, 2.45) is 23.2 Å². The zero-order valence-corrected chi connectivity index (χ0v) is 19.2. The molecule has 170 valence electrons. The number of carbonyl (C=O) groups excluding carboxylic acids is 1. The number of hydrogen-bond donors (Lipinski definition) is 2. The molecule has 7 nitrogen and oxygen atoms in total. The number of nitrogens with one attached hydrogen (secondary N) is 2. The predicted molar refractivity (Wildman–Crippen MR) is 127 cm³/mol. The zero-order chi connectivity index (χ0) is 22.1. The van der Waals surface area contributed by atoms with Gasteiger partial charge >= 0.3 is 0 Å². The summed E-state index contributed by atoms with van der Waals surface area (Å²) in [5.74, 6) is 4.43. The molecule has 1 amide bonds. The normalized spacial score (nSPS) is 24.1. The van der Waals surface area contributed by atoms with E-state index in [1.807, 2.05) is 38.4 Å². The summed E-state index contributed by atoms with van der Waals surface area (Å²) in [4.78, 5) is 27.9. The third kappa shape index (κ3) is 4.87. The second-order valence-electron chi connectivity index (χ2n) is 10.2. The molecule has 2 N–H and O–H groups in total. The van der Waals surface area contributed by atoms with Crippen LogP contribution in [-0.4, -0.2) is 40.5 Å². The van der Waals surface area contributed by atoms with Gasteiger partial charge in [-0.15, -0.1) is 0 Å². The summed E-state index contributed by atoms with van der Waals surface area (Å²) in [7, 11) is 0. The lowest BCUT2D eigenvalue weighted by Gasteiger charge is -2.32. The zero-order valence-electron chi connectivity index (χ0n) is 19.2. The number of hydrogen-bond acceptors (Lipinski definition) is 6. The summed E-state index contributed by atoms with van der Waals surface area (Å²) in [5, 5.41) is 6.42. The van der Waals surface area contributed by atoms with E-state index in [4.69, 9.17) is 0 Å². The highest BCUT2D eigenvalue weighted by Crippen LogP contribution is 2.50. The Kier molecular flexibility index (Phi) is 5.74. The van der Waals surface area contributed by atoms with Crippen LogP contribution < -0.4 is 15.5 Å². The molecule has 0 bridgehead atoms. The maximum absolute atomic E-state index is 12.1. The molecular weight excluding hydrogens is 400 g/mol. The quantitative estimate of drug-likeness (QED) is 0.645. The minimum atomic E-state index is -0.164. The summed E-state index contributed by atoms with van der Waals surface area (Å²) in [6, 6.07) is 3.89. The van der Waals surface area contributed by atoms with Crippen molar-refractivity contribution in [1.82, 2.24) is 15.0 Å². The topological polar surface area (TPSA) is 83.0 Å². The lowest BCUT2D eigenvalue weighted by atomic mass is 9.90. The van der Waals surface area contributed by atoms with Crippen LogP contribution in [-0.2, 0) is 4.79 Å². The van der Waals surface area contributed by atoms with Crippen molar-refractivity contribution in [3.8, 4) is 0 Å². The molecule has 32 heavy (non-hydrogen) atoms. The van der Waals surface area contributed by atoms with E-state index in [-0.39, 0.29) is 11.3 Å². The van der Waals surface area contributed by atoms with Crippen molar-refractivity contribution in [2.75, 3.05) is 35.2 Å². The molecule has 0 radical (unpaired) electrons. The number of amides is 1. The van der Waals surface area contributed by atoms with E-state index in [0.717, 1.165) is 73.2 Å². The number of rotatable bonds is 8. The van der Waals surface area contributed by atoms with Gasteiger partial charge in [-0.1, -0.05) is 6.92 Å². The van der Waals surface area contributed by atoms with Crippen molar-refractivity contribution in [3.05, 3.63) is 36.3 Å². The lowest BCUT2D eigenvalue weighted by Crippen LogP contribution is -2.35. The van der Waals surface area contributed by atoms with Crippen molar-refractivity contribution >= 4 is 23.4 Å². The number of piperidine rings is 1. The van der Waals surface area contributed by atoms with Gasteiger partial charge in [-0.3, -0.25) is 4.79 Å². The molecule has 0 unspecified atom stereocenters. The van der Waals surface area contributed by atoms with E-state index in [9.17, 15) is 4.79 Å². The first-order valence-electron chi connectivity index (χ1n) is 12.1. The Balaban J connectivity index is 1.00. The van der Waals surface area contributed by atoms with Gasteiger partial charge in [0.1, 0.15) is 5.82 Å². The number of carbonyl (C=O) groups is 1. The van der Waals surface area contributed by atoms with E-state index in [2.05, 4.69) is 30.5 Å². The molecule has 2 aromatic heterocycles. The fourth-order valence-corrected chi connectivity index (χ4v) is 4.91. The number of aromatic nitrogens is 3. The van der Waals surface area contributed by atoms with Gasteiger partial charge < -0.3 is 15.5 Å². The Morgan fingerprint density at radius 3 is 2.53 bits per heavy atom. The average molecular weight is 435 g/mol. The highest BCUT2D eigenvalue weighted by Gasteiger charge is 2.45. The Morgan fingerprint density at radius 1 is 1.12 bits per heavy atom. The van der Waals surface area contributed by atoms with Crippen molar-refractivity contribution < 1.29 is 4.79 Å². The summed E-state index contributed by atoms with van der Waals surface area (Å²) in [6.45, 7) is 7.13. The lowest BCUT2D eigenvalue weighted by molar-refractivity contribution is -0.120. The molecule has 2 atom stereocenters.